The lowest BCUT2D eigenvalue weighted by atomic mass is 10.1. The highest BCUT2D eigenvalue weighted by atomic mass is 35.5. The van der Waals surface area contributed by atoms with Gasteiger partial charge in [-0.05, 0) is 54.8 Å². The molecule has 0 atom stereocenters. The van der Waals surface area contributed by atoms with Crippen molar-refractivity contribution in [2.75, 3.05) is 6.54 Å². The standard InChI is InChI=1S/C19H18ClFN2O/c1-12-16(17-10-15(21)6-7-18(17)23-12)11-19(24)22-9-8-13-2-4-14(20)5-3-13/h2-7,10,23H,8-9,11H2,1H3,(H,22,24). The van der Waals surface area contributed by atoms with E-state index < -0.39 is 0 Å². The van der Waals surface area contributed by atoms with Gasteiger partial charge in [0.1, 0.15) is 5.82 Å². The third kappa shape index (κ3) is 3.77. The molecule has 0 aliphatic carbocycles. The second kappa shape index (κ2) is 7.05. The molecule has 0 aliphatic rings. The van der Waals surface area contributed by atoms with Gasteiger partial charge in [0.25, 0.3) is 0 Å². The third-order valence-corrected chi connectivity index (χ3v) is 4.32. The van der Waals surface area contributed by atoms with E-state index in [1.807, 2.05) is 31.2 Å². The van der Waals surface area contributed by atoms with Crippen LogP contribution in [0.2, 0.25) is 5.02 Å². The summed E-state index contributed by atoms with van der Waals surface area (Å²) in [5, 5.41) is 4.37. The number of amides is 1. The monoisotopic (exact) mass is 344 g/mol. The molecule has 0 spiro atoms. The number of rotatable bonds is 5. The first-order valence-corrected chi connectivity index (χ1v) is 8.18. The second-order valence-corrected chi connectivity index (χ2v) is 6.26. The van der Waals surface area contributed by atoms with Crippen LogP contribution in [0, 0.1) is 12.7 Å². The maximum absolute atomic E-state index is 13.5. The summed E-state index contributed by atoms with van der Waals surface area (Å²) in [5.41, 5.74) is 3.69. The van der Waals surface area contributed by atoms with Crippen molar-refractivity contribution in [3.63, 3.8) is 0 Å². The van der Waals surface area contributed by atoms with Crippen LogP contribution in [0.4, 0.5) is 4.39 Å². The summed E-state index contributed by atoms with van der Waals surface area (Å²) in [6, 6.07) is 12.1. The van der Waals surface area contributed by atoms with Crippen molar-refractivity contribution < 1.29 is 9.18 Å². The summed E-state index contributed by atoms with van der Waals surface area (Å²) >= 11 is 5.85. The van der Waals surface area contributed by atoms with Crippen molar-refractivity contribution in [1.29, 1.82) is 0 Å². The molecule has 0 fully saturated rings. The average molecular weight is 345 g/mol. The number of fused-ring (bicyclic) bond motifs is 1. The maximum atomic E-state index is 13.5. The zero-order chi connectivity index (χ0) is 17.1. The molecule has 1 aromatic heterocycles. The Balaban J connectivity index is 1.61. The molecular formula is C19H18ClFN2O. The van der Waals surface area contributed by atoms with Crippen molar-refractivity contribution in [3.8, 4) is 0 Å². The van der Waals surface area contributed by atoms with Crippen LogP contribution in [0.1, 0.15) is 16.8 Å². The van der Waals surface area contributed by atoms with E-state index in [1.165, 1.54) is 12.1 Å². The zero-order valence-corrected chi connectivity index (χ0v) is 14.1. The van der Waals surface area contributed by atoms with E-state index in [0.29, 0.717) is 11.6 Å². The first-order chi connectivity index (χ1) is 11.5. The predicted molar refractivity (Wildman–Crippen MR) is 94.9 cm³/mol. The van der Waals surface area contributed by atoms with Crippen LogP contribution < -0.4 is 5.32 Å². The highest BCUT2D eigenvalue weighted by Gasteiger charge is 2.13. The fourth-order valence-electron chi connectivity index (χ4n) is 2.80. The molecule has 0 radical (unpaired) electrons. The Bertz CT molecular complexity index is 871. The zero-order valence-electron chi connectivity index (χ0n) is 13.3. The minimum Gasteiger partial charge on any atom is -0.358 e. The number of halogens is 2. The lowest BCUT2D eigenvalue weighted by molar-refractivity contribution is -0.120. The Morgan fingerprint density at radius 1 is 1.21 bits per heavy atom. The van der Waals surface area contributed by atoms with Gasteiger partial charge in [-0.25, -0.2) is 4.39 Å². The SMILES string of the molecule is Cc1[nH]c2ccc(F)cc2c1CC(=O)NCCc1ccc(Cl)cc1. The number of hydrogen-bond acceptors (Lipinski definition) is 1. The Morgan fingerprint density at radius 3 is 2.71 bits per heavy atom. The van der Waals surface area contributed by atoms with Crippen LogP contribution in [0.25, 0.3) is 10.9 Å². The molecule has 0 saturated heterocycles. The van der Waals surface area contributed by atoms with Gasteiger partial charge in [0, 0.05) is 28.2 Å². The lowest BCUT2D eigenvalue weighted by Crippen LogP contribution is -2.27. The molecular weight excluding hydrogens is 327 g/mol. The summed E-state index contributed by atoms with van der Waals surface area (Å²) in [6.45, 7) is 2.45. The number of nitrogens with one attached hydrogen (secondary N) is 2. The fraction of sp³-hybridized carbons (Fsp3) is 0.211. The largest absolute Gasteiger partial charge is 0.358 e. The molecule has 0 bridgehead atoms. The number of benzene rings is 2. The van der Waals surface area contributed by atoms with Crippen LogP contribution in [0.3, 0.4) is 0 Å². The van der Waals surface area contributed by atoms with E-state index >= 15 is 0 Å². The molecule has 5 heteroatoms. The van der Waals surface area contributed by atoms with Gasteiger partial charge in [0.2, 0.25) is 5.91 Å². The van der Waals surface area contributed by atoms with E-state index in [4.69, 9.17) is 11.6 Å². The molecule has 0 saturated carbocycles. The first-order valence-electron chi connectivity index (χ1n) is 7.81. The quantitative estimate of drug-likeness (QED) is 0.717. The minimum atomic E-state index is -0.300. The maximum Gasteiger partial charge on any atom is 0.224 e. The molecule has 2 aromatic carbocycles. The van der Waals surface area contributed by atoms with Crippen LogP contribution in [0.15, 0.2) is 42.5 Å². The van der Waals surface area contributed by atoms with Gasteiger partial charge in [0.15, 0.2) is 0 Å². The number of hydrogen-bond donors (Lipinski definition) is 2. The van der Waals surface area contributed by atoms with Crippen LogP contribution >= 0.6 is 11.6 Å². The number of H-pyrrole nitrogens is 1. The first kappa shape index (κ1) is 16.5. The van der Waals surface area contributed by atoms with E-state index in [2.05, 4.69) is 10.3 Å². The number of carbonyl (C=O) groups excluding carboxylic acids is 1. The third-order valence-electron chi connectivity index (χ3n) is 4.07. The van der Waals surface area contributed by atoms with Gasteiger partial charge in [-0.1, -0.05) is 23.7 Å². The summed E-state index contributed by atoms with van der Waals surface area (Å²) in [5.74, 6) is -0.372. The van der Waals surface area contributed by atoms with E-state index in [1.54, 1.807) is 6.07 Å². The normalized spacial score (nSPS) is 11.0. The van der Waals surface area contributed by atoms with Crippen LogP contribution in [0.5, 0.6) is 0 Å². The number of aryl methyl sites for hydroxylation is 1. The van der Waals surface area contributed by atoms with Crippen molar-refractivity contribution in [2.45, 2.75) is 19.8 Å². The molecule has 1 amide bonds. The number of aromatic nitrogens is 1. The van der Waals surface area contributed by atoms with Crippen LogP contribution in [-0.2, 0) is 17.6 Å². The second-order valence-electron chi connectivity index (χ2n) is 5.82. The van der Waals surface area contributed by atoms with E-state index in [0.717, 1.165) is 34.1 Å². The van der Waals surface area contributed by atoms with Gasteiger partial charge in [-0.3, -0.25) is 4.79 Å². The van der Waals surface area contributed by atoms with Gasteiger partial charge >= 0.3 is 0 Å². The van der Waals surface area contributed by atoms with Crippen molar-refractivity contribution in [3.05, 3.63) is 70.1 Å². The van der Waals surface area contributed by atoms with Crippen LogP contribution in [-0.4, -0.2) is 17.4 Å². The molecule has 3 rings (SSSR count). The summed E-state index contributed by atoms with van der Waals surface area (Å²) in [6.07, 6.45) is 0.973. The van der Waals surface area contributed by atoms with Gasteiger partial charge in [-0.2, -0.15) is 0 Å². The molecule has 3 nitrogen and oxygen atoms in total. The Labute approximate surface area is 144 Å². The van der Waals surface area contributed by atoms with Gasteiger partial charge < -0.3 is 10.3 Å². The molecule has 1 heterocycles. The molecule has 0 aliphatic heterocycles. The predicted octanol–water partition coefficient (Wildman–Crippen LogP) is 4.17. The average Bonchev–Trinajstić information content (AvgIpc) is 2.85. The van der Waals surface area contributed by atoms with Gasteiger partial charge in [0.05, 0.1) is 6.42 Å². The molecule has 3 aromatic rings. The number of aromatic amines is 1. The Hall–Kier alpha value is -2.33. The van der Waals surface area contributed by atoms with E-state index in [9.17, 15) is 9.18 Å². The number of carbonyl (C=O) groups is 1. The molecule has 2 N–H and O–H groups in total. The molecule has 0 unspecified atom stereocenters. The lowest BCUT2D eigenvalue weighted by Gasteiger charge is -2.06. The van der Waals surface area contributed by atoms with Crippen molar-refractivity contribution in [2.24, 2.45) is 0 Å². The van der Waals surface area contributed by atoms with E-state index in [-0.39, 0.29) is 18.1 Å². The topological polar surface area (TPSA) is 44.9 Å². The Morgan fingerprint density at radius 2 is 1.96 bits per heavy atom. The molecule has 124 valence electrons. The summed E-state index contributed by atoms with van der Waals surface area (Å²) in [4.78, 5) is 15.4. The smallest absolute Gasteiger partial charge is 0.224 e. The van der Waals surface area contributed by atoms with Crippen molar-refractivity contribution >= 4 is 28.4 Å². The summed E-state index contributed by atoms with van der Waals surface area (Å²) in [7, 11) is 0. The van der Waals surface area contributed by atoms with Gasteiger partial charge in [-0.15, -0.1) is 0 Å². The Kier molecular flexibility index (Phi) is 4.86. The summed E-state index contributed by atoms with van der Waals surface area (Å²) < 4.78 is 13.5. The van der Waals surface area contributed by atoms with Crippen molar-refractivity contribution in [1.82, 2.24) is 10.3 Å². The highest BCUT2D eigenvalue weighted by Crippen LogP contribution is 2.23. The molecule has 24 heavy (non-hydrogen) atoms. The minimum absolute atomic E-state index is 0.0720. The highest BCUT2D eigenvalue weighted by molar-refractivity contribution is 6.30. The fourth-order valence-corrected chi connectivity index (χ4v) is 2.93.